The Labute approximate surface area is 98.1 Å². The molecule has 0 saturated carbocycles. The molecule has 0 heterocycles. The summed E-state index contributed by atoms with van der Waals surface area (Å²) >= 11 is 5.45. The second kappa shape index (κ2) is 5.13. The number of hydrogen-bond acceptors (Lipinski definition) is 3. The van der Waals surface area contributed by atoms with Crippen molar-refractivity contribution < 1.29 is 22.4 Å². The normalized spacial score (nSPS) is 11.8. The molecule has 92 valence electrons. The van der Waals surface area contributed by atoms with Crippen LogP contribution in [0.5, 0.6) is 0 Å². The number of halogens is 5. The Morgan fingerprint density at radius 2 is 2.06 bits per heavy atom. The minimum Gasteiger partial charge on any atom is -0.283 e. The fraction of sp³-hybridized carbons (Fsp3) is 0.111. The maximum absolute atomic E-state index is 13.1. The highest BCUT2D eigenvalue weighted by Crippen LogP contribution is 2.19. The Morgan fingerprint density at radius 1 is 1.41 bits per heavy atom. The summed E-state index contributed by atoms with van der Waals surface area (Å²) in [5.74, 6) is -2.94. The van der Waals surface area contributed by atoms with Gasteiger partial charge < -0.3 is 0 Å². The molecule has 0 bridgehead atoms. The standard InChI is InChI=1S/C9H5ClF4N2O/c10-5-1-2-7(6(11)3-5)16-15-4-8(17)9(12,13)14/h1-4,16H/b15-4+. The summed E-state index contributed by atoms with van der Waals surface area (Å²) in [6, 6.07) is 3.44. The molecule has 0 spiro atoms. The average molecular weight is 269 g/mol. The Kier molecular flexibility index (Phi) is 4.06. The van der Waals surface area contributed by atoms with Crippen LogP contribution in [0.2, 0.25) is 5.02 Å². The molecule has 1 aromatic carbocycles. The van der Waals surface area contributed by atoms with E-state index in [0.717, 1.165) is 6.07 Å². The molecule has 0 atom stereocenters. The number of anilines is 1. The van der Waals surface area contributed by atoms with Crippen molar-refractivity contribution in [2.24, 2.45) is 5.10 Å². The van der Waals surface area contributed by atoms with E-state index in [-0.39, 0.29) is 16.9 Å². The lowest BCUT2D eigenvalue weighted by molar-refractivity contribution is -0.162. The quantitative estimate of drug-likeness (QED) is 0.520. The number of Topliss-reactive ketones (excluding diaryl/α,β-unsaturated/α-hetero) is 1. The van der Waals surface area contributed by atoms with E-state index in [0.29, 0.717) is 0 Å². The third-order valence-corrected chi connectivity index (χ3v) is 1.81. The summed E-state index contributed by atoms with van der Waals surface area (Å²) in [7, 11) is 0. The van der Waals surface area contributed by atoms with Crippen LogP contribution in [0.4, 0.5) is 23.2 Å². The van der Waals surface area contributed by atoms with Crippen LogP contribution in [0.1, 0.15) is 0 Å². The zero-order valence-electron chi connectivity index (χ0n) is 8.05. The number of ketones is 1. The highest BCUT2D eigenvalue weighted by molar-refractivity contribution is 6.30. The fourth-order valence-electron chi connectivity index (χ4n) is 0.814. The molecule has 0 unspecified atom stereocenters. The first-order chi connectivity index (χ1) is 7.80. The molecule has 0 aliphatic carbocycles. The highest BCUT2D eigenvalue weighted by Gasteiger charge is 2.36. The maximum Gasteiger partial charge on any atom is 0.455 e. The van der Waals surface area contributed by atoms with E-state index in [1.54, 1.807) is 0 Å². The molecular weight excluding hydrogens is 264 g/mol. The van der Waals surface area contributed by atoms with E-state index in [1.165, 1.54) is 12.1 Å². The van der Waals surface area contributed by atoms with Crippen molar-refractivity contribution >= 4 is 29.3 Å². The zero-order chi connectivity index (χ0) is 13.1. The number of carbonyl (C=O) groups is 1. The molecule has 1 rings (SSSR count). The predicted octanol–water partition coefficient (Wildman–Crippen LogP) is 3.01. The van der Waals surface area contributed by atoms with Crippen molar-refractivity contribution in [2.45, 2.75) is 6.18 Å². The SMILES string of the molecule is O=C(/C=N/Nc1ccc(Cl)cc1F)C(F)(F)F. The monoisotopic (exact) mass is 268 g/mol. The average Bonchev–Trinajstić information content (AvgIpc) is 2.19. The van der Waals surface area contributed by atoms with Gasteiger partial charge in [0.05, 0.1) is 11.9 Å². The summed E-state index contributed by atoms with van der Waals surface area (Å²) in [6.45, 7) is 0. The summed E-state index contributed by atoms with van der Waals surface area (Å²) in [5.41, 5.74) is 1.76. The number of hydrazone groups is 1. The van der Waals surface area contributed by atoms with Gasteiger partial charge in [-0.25, -0.2) is 4.39 Å². The third kappa shape index (κ3) is 4.03. The van der Waals surface area contributed by atoms with Crippen LogP contribution < -0.4 is 5.43 Å². The molecule has 0 amide bonds. The molecule has 0 aliphatic rings. The smallest absolute Gasteiger partial charge is 0.283 e. The van der Waals surface area contributed by atoms with Gasteiger partial charge in [0.1, 0.15) is 5.82 Å². The van der Waals surface area contributed by atoms with Crippen LogP contribution in [0.25, 0.3) is 0 Å². The molecule has 0 fully saturated rings. The largest absolute Gasteiger partial charge is 0.455 e. The van der Waals surface area contributed by atoms with Gasteiger partial charge in [0.2, 0.25) is 0 Å². The Bertz CT molecular complexity index is 459. The highest BCUT2D eigenvalue weighted by atomic mass is 35.5. The first-order valence-electron chi connectivity index (χ1n) is 4.16. The number of nitrogens with zero attached hydrogens (tertiary/aromatic N) is 1. The number of carbonyl (C=O) groups excluding carboxylic acids is 1. The van der Waals surface area contributed by atoms with Crippen LogP contribution in [-0.4, -0.2) is 18.2 Å². The van der Waals surface area contributed by atoms with Gasteiger partial charge >= 0.3 is 6.18 Å². The Balaban J connectivity index is 2.68. The van der Waals surface area contributed by atoms with Crippen molar-refractivity contribution in [3.8, 4) is 0 Å². The molecule has 17 heavy (non-hydrogen) atoms. The minimum atomic E-state index is -5.00. The number of rotatable bonds is 3. The van der Waals surface area contributed by atoms with Crippen molar-refractivity contribution in [1.82, 2.24) is 0 Å². The number of hydrogen-bond donors (Lipinski definition) is 1. The first kappa shape index (κ1) is 13.4. The van der Waals surface area contributed by atoms with Crippen molar-refractivity contribution in [3.05, 3.63) is 29.0 Å². The van der Waals surface area contributed by atoms with Crippen LogP contribution in [0, 0.1) is 5.82 Å². The molecule has 8 heteroatoms. The minimum absolute atomic E-state index is 0.0219. The van der Waals surface area contributed by atoms with Gasteiger partial charge in [0.15, 0.2) is 0 Å². The van der Waals surface area contributed by atoms with Crippen LogP contribution >= 0.6 is 11.6 Å². The van der Waals surface area contributed by atoms with E-state index >= 15 is 0 Å². The lowest BCUT2D eigenvalue weighted by atomic mass is 10.3. The van der Waals surface area contributed by atoms with E-state index in [9.17, 15) is 22.4 Å². The van der Waals surface area contributed by atoms with Gasteiger partial charge in [-0.15, -0.1) is 0 Å². The van der Waals surface area contributed by atoms with Crippen LogP contribution in [0.3, 0.4) is 0 Å². The topological polar surface area (TPSA) is 41.5 Å². The third-order valence-electron chi connectivity index (χ3n) is 1.58. The number of alkyl halides is 3. The van der Waals surface area contributed by atoms with E-state index < -0.39 is 17.8 Å². The van der Waals surface area contributed by atoms with Gasteiger partial charge in [-0.05, 0) is 18.2 Å². The summed E-state index contributed by atoms with van der Waals surface area (Å²) < 4.78 is 48.3. The van der Waals surface area contributed by atoms with Gasteiger partial charge in [0.25, 0.3) is 5.78 Å². The molecular formula is C9H5ClF4N2O. The zero-order valence-corrected chi connectivity index (χ0v) is 8.81. The van der Waals surface area contributed by atoms with Gasteiger partial charge in [-0.3, -0.25) is 10.2 Å². The molecule has 0 radical (unpaired) electrons. The molecule has 0 aromatic heterocycles. The van der Waals surface area contributed by atoms with Gasteiger partial charge in [-0.2, -0.15) is 18.3 Å². The van der Waals surface area contributed by atoms with E-state index in [1.807, 2.05) is 5.43 Å². The fourth-order valence-corrected chi connectivity index (χ4v) is 0.973. The molecule has 3 nitrogen and oxygen atoms in total. The Hall–Kier alpha value is -1.63. The first-order valence-corrected chi connectivity index (χ1v) is 4.54. The van der Waals surface area contributed by atoms with Crippen LogP contribution in [0.15, 0.2) is 23.3 Å². The second-order valence-electron chi connectivity index (χ2n) is 2.86. The van der Waals surface area contributed by atoms with Crippen molar-refractivity contribution in [1.29, 1.82) is 0 Å². The molecule has 1 aromatic rings. The summed E-state index contributed by atoms with van der Waals surface area (Å²) in [6.07, 6.45) is -4.97. The lowest BCUT2D eigenvalue weighted by Crippen LogP contribution is -2.23. The second-order valence-corrected chi connectivity index (χ2v) is 3.29. The van der Waals surface area contributed by atoms with Gasteiger partial charge in [0, 0.05) is 5.02 Å². The van der Waals surface area contributed by atoms with E-state index in [4.69, 9.17) is 11.6 Å². The van der Waals surface area contributed by atoms with Crippen molar-refractivity contribution in [2.75, 3.05) is 5.43 Å². The summed E-state index contributed by atoms with van der Waals surface area (Å²) in [4.78, 5) is 10.4. The predicted molar refractivity (Wildman–Crippen MR) is 54.6 cm³/mol. The van der Waals surface area contributed by atoms with Crippen LogP contribution in [-0.2, 0) is 4.79 Å². The van der Waals surface area contributed by atoms with Gasteiger partial charge in [-0.1, -0.05) is 11.6 Å². The molecule has 1 N–H and O–H groups in total. The number of nitrogens with one attached hydrogen (secondary N) is 1. The molecule has 0 aliphatic heterocycles. The lowest BCUT2D eigenvalue weighted by Gasteiger charge is -2.02. The van der Waals surface area contributed by atoms with Crippen molar-refractivity contribution in [3.63, 3.8) is 0 Å². The summed E-state index contributed by atoms with van der Waals surface area (Å²) in [5, 5.41) is 3.10. The Morgan fingerprint density at radius 3 is 2.59 bits per heavy atom. The van der Waals surface area contributed by atoms with E-state index in [2.05, 4.69) is 5.10 Å². The number of benzene rings is 1. The maximum atomic E-state index is 13.1. The molecule has 0 saturated heterocycles.